The van der Waals surface area contributed by atoms with Gasteiger partial charge in [0, 0.05) is 32.4 Å². The van der Waals surface area contributed by atoms with Gasteiger partial charge in [-0.1, -0.05) is 42.5 Å². The van der Waals surface area contributed by atoms with Gasteiger partial charge in [0.05, 0.1) is 12.0 Å². The molecular formula is C23H25NO3. The number of aryl methyl sites for hydroxylation is 1. The van der Waals surface area contributed by atoms with Crippen molar-refractivity contribution < 1.29 is 14.3 Å². The molecule has 0 radical (unpaired) electrons. The van der Waals surface area contributed by atoms with Gasteiger partial charge in [0.2, 0.25) is 5.91 Å². The Morgan fingerprint density at radius 3 is 2.48 bits per heavy atom. The lowest BCUT2D eigenvalue weighted by molar-refractivity contribution is -0.134. The predicted octanol–water partition coefficient (Wildman–Crippen LogP) is 4.04. The molecule has 2 aromatic rings. The van der Waals surface area contributed by atoms with Crippen LogP contribution in [0, 0.1) is 0 Å². The second kappa shape index (κ2) is 7.55. The van der Waals surface area contributed by atoms with Crippen LogP contribution in [0.5, 0.6) is 5.75 Å². The van der Waals surface area contributed by atoms with Gasteiger partial charge in [0.1, 0.15) is 11.4 Å². The minimum absolute atomic E-state index is 0.152. The van der Waals surface area contributed by atoms with Crippen molar-refractivity contribution >= 4 is 11.7 Å². The number of carbonyl (C=O) groups is 2. The van der Waals surface area contributed by atoms with Crippen LogP contribution in [-0.4, -0.2) is 35.3 Å². The summed E-state index contributed by atoms with van der Waals surface area (Å²) in [5.74, 6) is 1.05. The van der Waals surface area contributed by atoms with E-state index < -0.39 is 5.60 Å². The molecule has 1 saturated heterocycles. The van der Waals surface area contributed by atoms with Gasteiger partial charge in [-0.15, -0.1) is 0 Å². The third-order valence-corrected chi connectivity index (χ3v) is 5.72. The second-order valence-electron chi connectivity index (χ2n) is 7.60. The normalized spacial score (nSPS) is 18.1. The zero-order valence-electron chi connectivity index (χ0n) is 15.5. The van der Waals surface area contributed by atoms with Crippen LogP contribution < -0.4 is 4.74 Å². The summed E-state index contributed by atoms with van der Waals surface area (Å²) in [4.78, 5) is 27.0. The number of hydrogen-bond acceptors (Lipinski definition) is 3. The molecule has 2 aliphatic rings. The molecule has 0 N–H and O–H groups in total. The predicted molar refractivity (Wildman–Crippen MR) is 104 cm³/mol. The molecule has 2 aromatic carbocycles. The number of likely N-dealkylation sites (tertiary alicyclic amines) is 1. The molecule has 0 atom stereocenters. The number of ketones is 1. The Kier molecular flexibility index (Phi) is 4.97. The summed E-state index contributed by atoms with van der Waals surface area (Å²) < 4.78 is 6.24. The molecule has 140 valence electrons. The molecule has 1 amide bonds. The monoisotopic (exact) mass is 363 g/mol. The van der Waals surface area contributed by atoms with E-state index in [0.717, 1.165) is 25.7 Å². The number of amides is 1. The first kappa shape index (κ1) is 17.8. The maximum atomic E-state index is 12.5. The number of fused-ring (bicyclic) bond motifs is 1. The van der Waals surface area contributed by atoms with E-state index in [1.807, 2.05) is 47.4 Å². The molecule has 0 unspecified atom stereocenters. The van der Waals surface area contributed by atoms with Crippen molar-refractivity contribution in [2.45, 2.75) is 44.1 Å². The molecule has 4 heteroatoms. The molecule has 2 heterocycles. The van der Waals surface area contributed by atoms with Gasteiger partial charge in [0.15, 0.2) is 5.78 Å². The standard InChI is InChI=1S/C23H25NO3/c25-20-17-23(27-21-11-5-4-10-19(20)21)13-15-24(16-14-23)22(26)12-6-9-18-7-2-1-3-8-18/h1-5,7-8,10-11H,6,9,12-17H2. The van der Waals surface area contributed by atoms with E-state index in [9.17, 15) is 9.59 Å². The molecule has 1 fully saturated rings. The molecule has 27 heavy (non-hydrogen) atoms. The molecule has 0 bridgehead atoms. The zero-order valence-corrected chi connectivity index (χ0v) is 15.5. The summed E-state index contributed by atoms with van der Waals surface area (Å²) in [6, 6.07) is 17.7. The average Bonchev–Trinajstić information content (AvgIpc) is 2.69. The van der Waals surface area contributed by atoms with E-state index in [1.54, 1.807) is 0 Å². The van der Waals surface area contributed by atoms with Gasteiger partial charge >= 0.3 is 0 Å². The summed E-state index contributed by atoms with van der Waals surface area (Å²) in [6.45, 7) is 1.33. The largest absolute Gasteiger partial charge is 0.486 e. The maximum absolute atomic E-state index is 12.5. The van der Waals surface area contributed by atoms with Gasteiger partial charge in [0.25, 0.3) is 0 Å². The topological polar surface area (TPSA) is 46.6 Å². The van der Waals surface area contributed by atoms with Crippen molar-refractivity contribution in [3.63, 3.8) is 0 Å². The van der Waals surface area contributed by atoms with E-state index in [4.69, 9.17) is 4.74 Å². The summed E-state index contributed by atoms with van der Waals surface area (Å²) in [5, 5.41) is 0. The van der Waals surface area contributed by atoms with Crippen LogP contribution in [0.4, 0.5) is 0 Å². The number of ether oxygens (including phenoxy) is 1. The van der Waals surface area contributed by atoms with Crippen molar-refractivity contribution in [1.29, 1.82) is 0 Å². The number of nitrogens with zero attached hydrogens (tertiary/aromatic N) is 1. The lowest BCUT2D eigenvalue weighted by Crippen LogP contribution is -2.52. The maximum Gasteiger partial charge on any atom is 0.222 e. The first-order valence-corrected chi connectivity index (χ1v) is 9.78. The smallest absolute Gasteiger partial charge is 0.222 e. The van der Waals surface area contributed by atoms with Gasteiger partial charge in [-0.2, -0.15) is 0 Å². The van der Waals surface area contributed by atoms with Crippen LogP contribution in [0.2, 0.25) is 0 Å². The average molecular weight is 363 g/mol. The minimum Gasteiger partial charge on any atom is -0.486 e. The number of benzene rings is 2. The molecule has 0 aliphatic carbocycles. The van der Waals surface area contributed by atoms with Gasteiger partial charge < -0.3 is 9.64 Å². The van der Waals surface area contributed by atoms with Crippen LogP contribution in [0.1, 0.15) is 48.0 Å². The Labute approximate surface area is 160 Å². The van der Waals surface area contributed by atoms with Crippen LogP contribution >= 0.6 is 0 Å². The summed E-state index contributed by atoms with van der Waals surface area (Å²) >= 11 is 0. The molecular weight excluding hydrogens is 338 g/mol. The Bertz CT molecular complexity index is 823. The summed E-state index contributed by atoms with van der Waals surface area (Å²) in [6.07, 6.45) is 4.23. The number of rotatable bonds is 4. The Hall–Kier alpha value is -2.62. The Morgan fingerprint density at radius 2 is 1.70 bits per heavy atom. The van der Waals surface area contributed by atoms with Crippen LogP contribution in [0.3, 0.4) is 0 Å². The quantitative estimate of drug-likeness (QED) is 0.824. The first-order valence-electron chi connectivity index (χ1n) is 9.78. The van der Waals surface area contributed by atoms with Crippen molar-refractivity contribution in [1.82, 2.24) is 4.90 Å². The molecule has 4 nitrogen and oxygen atoms in total. The van der Waals surface area contributed by atoms with Crippen LogP contribution in [0.15, 0.2) is 54.6 Å². The highest BCUT2D eigenvalue weighted by atomic mass is 16.5. The van der Waals surface area contributed by atoms with E-state index in [-0.39, 0.29) is 11.7 Å². The van der Waals surface area contributed by atoms with E-state index in [2.05, 4.69) is 12.1 Å². The van der Waals surface area contributed by atoms with Crippen molar-refractivity contribution in [2.24, 2.45) is 0 Å². The number of para-hydroxylation sites is 1. The number of Topliss-reactive ketones (excluding diaryl/α,β-unsaturated/α-hetero) is 1. The Balaban J connectivity index is 1.30. The number of hydrogen-bond donors (Lipinski definition) is 0. The van der Waals surface area contributed by atoms with Crippen molar-refractivity contribution in [2.75, 3.05) is 13.1 Å². The molecule has 2 aliphatic heterocycles. The lowest BCUT2D eigenvalue weighted by atomic mass is 9.82. The highest BCUT2D eigenvalue weighted by Gasteiger charge is 2.43. The molecule has 0 aromatic heterocycles. The van der Waals surface area contributed by atoms with E-state index >= 15 is 0 Å². The highest BCUT2D eigenvalue weighted by Crippen LogP contribution is 2.39. The summed E-state index contributed by atoms with van der Waals surface area (Å²) in [5.41, 5.74) is 1.52. The van der Waals surface area contributed by atoms with Gasteiger partial charge in [-0.3, -0.25) is 9.59 Å². The fourth-order valence-electron chi connectivity index (χ4n) is 4.13. The van der Waals surface area contributed by atoms with Crippen LogP contribution in [-0.2, 0) is 11.2 Å². The van der Waals surface area contributed by atoms with E-state index in [1.165, 1.54) is 5.56 Å². The second-order valence-corrected chi connectivity index (χ2v) is 7.60. The van der Waals surface area contributed by atoms with Crippen molar-refractivity contribution in [3.8, 4) is 5.75 Å². The van der Waals surface area contributed by atoms with Crippen LogP contribution in [0.25, 0.3) is 0 Å². The summed E-state index contributed by atoms with van der Waals surface area (Å²) in [7, 11) is 0. The van der Waals surface area contributed by atoms with Gasteiger partial charge in [-0.05, 0) is 30.5 Å². The highest BCUT2D eigenvalue weighted by molar-refractivity contribution is 6.00. The lowest BCUT2D eigenvalue weighted by Gasteiger charge is -2.44. The minimum atomic E-state index is -0.438. The third-order valence-electron chi connectivity index (χ3n) is 5.72. The molecule has 4 rings (SSSR count). The number of piperidine rings is 1. The fraction of sp³-hybridized carbons (Fsp3) is 0.391. The van der Waals surface area contributed by atoms with Crippen molar-refractivity contribution in [3.05, 3.63) is 65.7 Å². The first-order chi connectivity index (χ1) is 13.2. The fourth-order valence-corrected chi connectivity index (χ4v) is 4.13. The molecule has 0 saturated carbocycles. The van der Waals surface area contributed by atoms with E-state index in [0.29, 0.717) is 37.2 Å². The SMILES string of the molecule is O=C1CC2(CCN(C(=O)CCCc3ccccc3)CC2)Oc2ccccc21. The number of carbonyl (C=O) groups excluding carboxylic acids is 2. The Morgan fingerprint density at radius 1 is 1.00 bits per heavy atom. The molecule has 1 spiro atoms. The third kappa shape index (κ3) is 3.90. The van der Waals surface area contributed by atoms with Gasteiger partial charge in [-0.25, -0.2) is 0 Å². The zero-order chi connectivity index (χ0) is 18.7.